The lowest BCUT2D eigenvalue weighted by molar-refractivity contribution is 0.211. The Kier molecular flexibility index (Phi) is 4.85. The van der Waals surface area contributed by atoms with Crippen molar-refractivity contribution in [3.63, 3.8) is 0 Å². The third-order valence-electron chi connectivity index (χ3n) is 3.85. The quantitative estimate of drug-likeness (QED) is 0.822. The molecule has 0 aromatic heterocycles. The van der Waals surface area contributed by atoms with Crippen molar-refractivity contribution in [1.82, 2.24) is 9.62 Å². The fraction of sp³-hybridized carbons (Fsp3) is 0.571. The number of sulfonamides is 1. The van der Waals surface area contributed by atoms with Gasteiger partial charge in [0, 0.05) is 13.1 Å². The Bertz CT molecular complexity index is 596. The SMILES string of the molecule is Cc1cc(S(=O)(=O)NCC2CCCN(C)C2)cc(N)c1F. The van der Waals surface area contributed by atoms with E-state index in [9.17, 15) is 12.8 Å². The van der Waals surface area contributed by atoms with Crippen molar-refractivity contribution in [3.8, 4) is 0 Å². The average Bonchev–Trinajstić information content (AvgIpc) is 2.42. The molecule has 1 aromatic carbocycles. The van der Waals surface area contributed by atoms with Gasteiger partial charge >= 0.3 is 0 Å². The summed E-state index contributed by atoms with van der Waals surface area (Å²) in [6, 6.07) is 2.47. The van der Waals surface area contributed by atoms with Gasteiger partial charge in [-0.25, -0.2) is 17.5 Å². The second kappa shape index (κ2) is 6.29. The third kappa shape index (κ3) is 3.93. The van der Waals surface area contributed by atoms with Crippen LogP contribution < -0.4 is 10.5 Å². The van der Waals surface area contributed by atoms with Crippen molar-refractivity contribution in [2.24, 2.45) is 5.92 Å². The third-order valence-corrected chi connectivity index (χ3v) is 5.25. The lowest BCUT2D eigenvalue weighted by Crippen LogP contribution is -2.39. The highest BCUT2D eigenvalue weighted by Crippen LogP contribution is 2.21. The highest BCUT2D eigenvalue weighted by molar-refractivity contribution is 7.89. The Morgan fingerprint density at radius 3 is 2.81 bits per heavy atom. The molecule has 1 saturated heterocycles. The summed E-state index contributed by atoms with van der Waals surface area (Å²) in [5.41, 5.74) is 5.59. The minimum Gasteiger partial charge on any atom is -0.396 e. The number of hydrogen-bond donors (Lipinski definition) is 2. The van der Waals surface area contributed by atoms with E-state index in [0.717, 1.165) is 32.0 Å². The highest BCUT2D eigenvalue weighted by Gasteiger charge is 2.22. The van der Waals surface area contributed by atoms with Crippen LogP contribution in [-0.2, 0) is 10.0 Å². The van der Waals surface area contributed by atoms with Crippen LogP contribution in [-0.4, -0.2) is 40.0 Å². The van der Waals surface area contributed by atoms with E-state index in [1.54, 1.807) is 0 Å². The number of nitrogens with one attached hydrogen (secondary N) is 1. The predicted octanol–water partition coefficient (Wildman–Crippen LogP) is 1.34. The number of halogens is 1. The molecule has 0 saturated carbocycles. The van der Waals surface area contributed by atoms with Gasteiger partial charge in [0.1, 0.15) is 5.82 Å². The number of nitrogens with zero attached hydrogens (tertiary/aromatic N) is 1. The molecule has 1 heterocycles. The van der Waals surface area contributed by atoms with E-state index in [1.807, 2.05) is 7.05 Å². The summed E-state index contributed by atoms with van der Waals surface area (Å²) in [6.45, 7) is 3.83. The van der Waals surface area contributed by atoms with E-state index in [0.29, 0.717) is 12.5 Å². The Labute approximate surface area is 125 Å². The molecular formula is C14H22FN3O2S. The van der Waals surface area contributed by atoms with Crippen molar-refractivity contribution in [2.45, 2.75) is 24.7 Å². The fourth-order valence-electron chi connectivity index (χ4n) is 2.67. The van der Waals surface area contributed by atoms with E-state index >= 15 is 0 Å². The Morgan fingerprint density at radius 1 is 1.48 bits per heavy atom. The standard InChI is InChI=1S/C14H22FN3O2S/c1-10-6-12(7-13(16)14(10)15)21(19,20)17-8-11-4-3-5-18(2)9-11/h6-7,11,17H,3-5,8-9,16H2,1-2H3. The van der Waals surface area contributed by atoms with Gasteiger partial charge in [0.25, 0.3) is 0 Å². The molecule has 0 spiro atoms. The first-order valence-corrected chi connectivity index (χ1v) is 8.52. The second-order valence-electron chi connectivity index (χ2n) is 5.77. The van der Waals surface area contributed by atoms with Gasteiger partial charge in [0.2, 0.25) is 10.0 Å². The van der Waals surface area contributed by atoms with Crippen molar-refractivity contribution < 1.29 is 12.8 Å². The first-order chi connectivity index (χ1) is 9.79. The van der Waals surface area contributed by atoms with Gasteiger partial charge in [-0.2, -0.15) is 0 Å². The lowest BCUT2D eigenvalue weighted by atomic mass is 9.99. The monoisotopic (exact) mass is 315 g/mol. The van der Waals surface area contributed by atoms with Crippen LogP contribution in [0.4, 0.5) is 10.1 Å². The number of likely N-dealkylation sites (tertiary alicyclic amines) is 1. The summed E-state index contributed by atoms with van der Waals surface area (Å²) in [7, 11) is -1.62. The van der Waals surface area contributed by atoms with Crippen molar-refractivity contribution in [2.75, 3.05) is 32.4 Å². The van der Waals surface area contributed by atoms with Crippen molar-refractivity contribution in [1.29, 1.82) is 0 Å². The molecule has 0 aliphatic carbocycles. The van der Waals surface area contributed by atoms with Crippen LogP contribution in [0.25, 0.3) is 0 Å². The molecule has 2 rings (SSSR count). The molecule has 0 bridgehead atoms. The molecule has 7 heteroatoms. The van der Waals surface area contributed by atoms with Gasteiger partial charge in [-0.1, -0.05) is 0 Å². The van der Waals surface area contributed by atoms with Crippen molar-refractivity contribution in [3.05, 3.63) is 23.5 Å². The maximum atomic E-state index is 13.5. The fourth-order valence-corrected chi connectivity index (χ4v) is 3.90. The first kappa shape index (κ1) is 16.2. The van der Waals surface area contributed by atoms with Crippen LogP contribution >= 0.6 is 0 Å². The van der Waals surface area contributed by atoms with Gasteiger partial charge in [0.15, 0.2) is 0 Å². The van der Waals surface area contributed by atoms with E-state index in [-0.39, 0.29) is 16.1 Å². The first-order valence-electron chi connectivity index (χ1n) is 7.03. The summed E-state index contributed by atoms with van der Waals surface area (Å²) in [5.74, 6) is -0.264. The molecule has 1 aromatic rings. The Balaban J connectivity index is 2.08. The summed E-state index contributed by atoms with van der Waals surface area (Å²) in [6.07, 6.45) is 2.09. The Morgan fingerprint density at radius 2 is 2.19 bits per heavy atom. The molecule has 0 radical (unpaired) electrons. The molecular weight excluding hydrogens is 293 g/mol. The maximum Gasteiger partial charge on any atom is 0.240 e. The minimum atomic E-state index is -3.65. The molecule has 1 unspecified atom stereocenters. The molecule has 21 heavy (non-hydrogen) atoms. The van der Waals surface area contributed by atoms with Crippen LogP contribution in [0.2, 0.25) is 0 Å². The number of nitrogens with two attached hydrogens (primary N) is 1. The molecule has 0 amide bonds. The van der Waals surface area contributed by atoms with Gasteiger partial charge in [0.05, 0.1) is 10.6 Å². The van der Waals surface area contributed by atoms with E-state index in [4.69, 9.17) is 5.73 Å². The zero-order valence-corrected chi connectivity index (χ0v) is 13.2. The van der Waals surface area contributed by atoms with E-state index < -0.39 is 15.8 Å². The summed E-state index contributed by atoms with van der Waals surface area (Å²) >= 11 is 0. The van der Waals surface area contributed by atoms with Crippen LogP contribution in [0.3, 0.4) is 0 Å². The predicted molar refractivity (Wildman–Crippen MR) is 81.0 cm³/mol. The molecule has 3 N–H and O–H groups in total. The largest absolute Gasteiger partial charge is 0.396 e. The van der Waals surface area contributed by atoms with Gasteiger partial charge in [-0.3, -0.25) is 0 Å². The molecule has 1 aliphatic heterocycles. The van der Waals surface area contributed by atoms with Gasteiger partial charge in [-0.05, 0) is 57.0 Å². The number of rotatable bonds is 4. The minimum absolute atomic E-state index is 0.0167. The van der Waals surface area contributed by atoms with E-state index in [1.165, 1.54) is 13.0 Å². The number of nitrogen functional groups attached to an aromatic ring is 1. The highest BCUT2D eigenvalue weighted by atomic mass is 32.2. The summed E-state index contributed by atoms with van der Waals surface area (Å²) in [4.78, 5) is 2.21. The second-order valence-corrected chi connectivity index (χ2v) is 7.53. The summed E-state index contributed by atoms with van der Waals surface area (Å²) in [5, 5.41) is 0. The zero-order valence-electron chi connectivity index (χ0n) is 12.4. The van der Waals surface area contributed by atoms with E-state index in [2.05, 4.69) is 9.62 Å². The molecule has 1 atom stereocenters. The number of benzene rings is 1. The molecule has 118 valence electrons. The van der Waals surface area contributed by atoms with Crippen LogP contribution in [0.5, 0.6) is 0 Å². The normalized spacial score (nSPS) is 20.6. The number of piperidine rings is 1. The Hall–Kier alpha value is -1.18. The molecule has 1 aliphatic rings. The van der Waals surface area contributed by atoms with Crippen LogP contribution in [0.1, 0.15) is 18.4 Å². The van der Waals surface area contributed by atoms with Crippen molar-refractivity contribution >= 4 is 15.7 Å². The molecule has 5 nitrogen and oxygen atoms in total. The topological polar surface area (TPSA) is 75.4 Å². The maximum absolute atomic E-state index is 13.5. The molecule has 1 fully saturated rings. The van der Waals surface area contributed by atoms with Crippen LogP contribution in [0.15, 0.2) is 17.0 Å². The lowest BCUT2D eigenvalue weighted by Gasteiger charge is -2.29. The summed E-state index contributed by atoms with van der Waals surface area (Å²) < 4.78 is 40.6. The number of aryl methyl sites for hydroxylation is 1. The van der Waals surface area contributed by atoms with Gasteiger partial charge in [-0.15, -0.1) is 0 Å². The van der Waals surface area contributed by atoms with Gasteiger partial charge < -0.3 is 10.6 Å². The van der Waals surface area contributed by atoms with Crippen LogP contribution in [0, 0.1) is 18.7 Å². The average molecular weight is 315 g/mol. The zero-order chi connectivity index (χ0) is 15.6. The number of hydrogen-bond acceptors (Lipinski definition) is 4. The number of anilines is 1. The smallest absolute Gasteiger partial charge is 0.240 e.